The summed E-state index contributed by atoms with van der Waals surface area (Å²) in [4.78, 5) is 10.3. The molecule has 72 valence electrons. The maximum atomic E-state index is 10.3. The number of urea groups is 1. The third kappa shape index (κ3) is 9.27. The number of amides is 2. The highest BCUT2D eigenvalue weighted by Gasteiger charge is 1.94. The highest BCUT2D eigenvalue weighted by atomic mass is 16.2. The molecule has 0 spiro atoms. The van der Waals surface area contributed by atoms with Gasteiger partial charge in [0, 0.05) is 6.54 Å². The first kappa shape index (κ1) is 11.3. The van der Waals surface area contributed by atoms with Crippen LogP contribution in [0, 0.1) is 5.92 Å². The van der Waals surface area contributed by atoms with E-state index in [0.717, 1.165) is 12.3 Å². The van der Waals surface area contributed by atoms with E-state index in [1.165, 1.54) is 19.3 Å². The summed E-state index contributed by atoms with van der Waals surface area (Å²) in [5, 5.41) is 2.57. The molecule has 0 bridgehead atoms. The van der Waals surface area contributed by atoms with Gasteiger partial charge in [-0.25, -0.2) is 4.79 Å². The van der Waals surface area contributed by atoms with Gasteiger partial charge < -0.3 is 11.1 Å². The van der Waals surface area contributed by atoms with E-state index in [0.29, 0.717) is 6.54 Å². The lowest BCUT2D eigenvalue weighted by Gasteiger charge is -2.04. The summed E-state index contributed by atoms with van der Waals surface area (Å²) in [6, 6.07) is -0.418. The lowest BCUT2D eigenvalue weighted by atomic mass is 10.1. The third-order valence-corrected chi connectivity index (χ3v) is 1.76. The van der Waals surface area contributed by atoms with Gasteiger partial charge in [0.15, 0.2) is 0 Å². The average molecular weight is 172 g/mol. The summed E-state index contributed by atoms with van der Waals surface area (Å²) in [5.74, 6) is 0.786. The number of primary amides is 1. The van der Waals surface area contributed by atoms with Crippen LogP contribution < -0.4 is 11.1 Å². The van der Waals surface area contributed by atoms with E-state index < -0.39 is 6.03 Å². The Labute approximate surface area is 74.7 Å². The van der Waals surface area contributed by atoms with Crippen molar-refractivity contribution in [3.63, 3.8) is 0 Å². The Kier molecular flexibility index (Phi) is 6.53. The fourth-order valence-corrected chi connectivity index (χ4v) is 1.07. The van der Waals surface area contributed by atoms with Gasteiger partial charge in [0.2, 0.25) is 0 Å². The largest absolute Gasteiger partial charge is 0.352 e. The van der Waals surface area contributed by atoms with Crippen LogP contribution in [0.1, 0.15) is 39.5 Å². The molecule has 3 nitrogen and oxygen atoms in total. The minimum atomic E-state index is -0.418. The molecule has 0 aliphatic heterocycles. The Hall–Kier alpha value is -0.730. The average Bonchev–Trinajstić information content (AvgIpc) is 1.95. The van der Waals surface area contributed by atoms with E-state index in [1.54, 1.807) is 0 Å². The van der Waals surface area contributed by atoms with Crippen LogP contribution in [0.4, 0.5) is 4.79 Å². The lowest BCUT2D eigenvalue weighted by molar-refractivity contribution is 0.248. The van der Waals surface area contributed by atoms with Crippen molar-refractivity contribution >= 4 is 6.03 Å². The Morgan fingerprint density at radius 1 is 1.33 bits per heavy atom. The molecule has 0 unspecified atom stereocenters. The summed E-state index contributed by atoms with van der Waals surface area (Å²) < 4.78 is 0. The number of carbonyl (C=O) groups is 1. The molecule has 0 atom stereocenters. The number of hydrogen-bond donors (Lipinski definition) is 2. The molecule has 0 radical (unpaired) electrons. The van der Waals surface area contributed by atoms with E-state index >= 15 is 0 Å². The zero-order valence-corrected chi connectivity index (χ0v) is 8.10. The van der Waals surface area contributed by atoms with Crippen molar-refractivity contribution in [2.75, 3.05) is 6.54 Å². The Morgan fingerprint density at radius 3 is 2.50 bits per heavy atom. The van der Waals surface area contributed by atoms with Crippen molar-refractivity contribution in [1.82, 2.24) is 5.32 Å². The van der Waals surface area contributed by atoms with Crippen molar-refractivity contribution in [2.45, 2.75) is 39.5 Å². The molecular formula is C9H20N2O. The second kappa shape index (κ2) is 6.95. The van der Waals surface area contributed by atoms with Crippen LogP contribution in [0.3, 0.4) is 0 Å². The van der Waals surface area contributed by atoms with Crippen LogP contribution in [-0.2, 0) is 0 Å². The maximum Gasteiger partial charge on any atom is 0.312 e. The molecule has 0 saturated carbocycles. The third-order valence-electron chi connectivity index (χ3n) is 1.76. The molecule has 2 amide bonds. The predicted molar refractivity (Wildman–Crippen MR) is 50.9 cm³/mol. The predicted octanol–water partition coefficient (Wildman–Crippen LogP) is 1.87. The fraction of sp³-hybridized carbons (Fsp3) is 0.889. The molecular weight excluding hydrogens is 152 g/mol. The maximum absolute atomic E-state index is 10.3. The first-order valence-electron chi connectivity index (χ1n) is 4.66. The number of nitrogens with one attached hydrogen (secondary N) is 1. The Bertz CT molecular complexity index is 124. The summed E-state index contributed by atoms with van der Waals surface area (Å²) in [7, 11) is 0. The van der Waals surface area contributed by atoms with Crippen LogP contribution >= 0.6 is 0 Å². The summed E-state index contributed by atoms with van der Waals surface area (Å²) in [6.07, 6.45) is 4.74. The molecule has 0 saturated heterocycles. The number of rotatable bonds is 6. The molecule has 12 heavy (non-hydrogen) atoms. The highest BCUT2D eigenvalue weighted by Crippen LogP contribution is 2.07. The molecule has 0 fully saturated rings. The van der Waals surface area contributed by atoms with E-state index in [-0.39, 0.29) is 0 Å². The van der Waals surface area contributed by atoms with Crippen LogP contribution in [0.5, 0.6) is 0 Å². The molecule has 0 heterocycles. The van der Waals surface area contributed by atoms with Crippen molar-refractivity contribution in [3.8, 4) is 0 Å². The van der Waals surface area contributed by atoms with Crippen molar-refractivity contribution < 1.29 is 4.79 Å². The van der Waals surface area contributed by atoms with E-state index in [2.05, 4.69) is 19.2 Å². The van der Waals surface area contributed by atoms with Gasteiger partial charge in [0.1, 0.15) is 0 Å². The lowest BCUT2D eigenvalue weighted by Crippen LogP contribution is -2.29. The van der Waals surface area contributed by atoms with Gasteiger partial charge in [-0.2, -0.15) is 0 Å². The minimum Gasteiger partial charge on any atom is -0.352 e. The molecule has 0 rings (SSSR count). The first-order chi connectivity index (χ1) is 5.63. The zero-order chi connectivity index (χ0) is 9.40. The van der Waals surface area contributed by atoms with E-state index in [9.17, 15) is 4.79 Å². The van der Waals surface area contributed by atoms with Crippen LogP contribution in [0.2, 0.25) is 0 Å². The number of unbranched alkanes of at least 4 members (excludes halogenated alkanes) is 2. The van der Waals surface area contributed by atoms with Crippen molar-refractivity contribution in [1.29, 1.82) is 0 Å². The molecule has 3 N–H and O–H groups in total. The SMILES string of the molecule is CC(C)CCCCCNC(N)=O. The quantitative estimate of drug-likeness (QED) is 0.590. The molecule has 0 aromatic carbocycles. The Balaban J connectivity index is 2.96. The van der Waals surface area contributed by atoms with Gasteiger partial charge in [0.05, 0.1) is 0 Å². The van der Waals surface area contributed by atoms with Gasteiger partial charge in [-0.3, -0.25) is 0 Å². The van der Waals surface area contributed by atoms with Gasteiger partial charge in [0.25, 0.3) is 0 Å². The van der Waals surface area contributed by atoms with E-state index in [4.69, 9.17) is 5.73 Å². The normalized spacial score (nSPS) is 10.2. The topological polar surface area (TPSA) is 55.1 Å². The van der Waals surface area contributed by atoms with Gasteiger partial charge in [-0.15, -0.1) is 0 Å². The second-order valence-corrected chi connectivity index (χ2v) is 3.53. The first-order valence-corrected chi connectivity index (χ1v) is 4.66. The standard InChI is InChI=1S/C9H20N2O/c1-8(2)6-4-3-5-7-11-9(10)12/h8H,3-7H2,1-2H3,(H3,10,11,12). The molecule has 3 heteroatoms. The Morgan fingerprint density at radius 2 is 2.00 bits per heavy atom. The summed E-state index contributed by atoms with van der Waals surface area (Å²) in [6.45, 7) is 5.16. The van der Waals surface area contributed by atoms with Crippen LogP contribution in [0.15, 0.2) is 0 Å². The smallest absolute Gasteiger partial charge is 0.312 e. The fourth-order valence-electron chi connectivity index (χ4n) is 1.07. The number of nitrogens with two attached hydrogens (primary N) is 1. The van der Waals surface area contributed by atoms with Crippen molar-refractivity contribution in [3.05, 3.63) is 0 Å². The van der Waals surface area contributed by atoms with Crippen molar-refractivity contribution in [2.24, 2.45) is 11.7 Å². The number of hydrogen-bond acceptors (Lipinski definition) is 1. The summed E-state index contributed by atoms with van der Waals surface area (Å²) >= 11 is 0. The summed E-state index contributed by atoms with van der Waals surface area (Å²) in [5.41, 5.74) is 4.91. The minimum absolute atomic E-state index is 0.418. The number of carbonyl (C=O) groups excluding carboxylic acids is 1. The van der Waals surface area contributed by atoms with E-state index in [1.807, 2.05) is 0 Å². The highest BCUT2D eigenvalue weighted by molar-refractivity contribution is 5.71. The molecule has 0 aliphatic carbocycles. The van der Waals surface area contributed by atoms with Gasteiger partial charge in [-0.1, -0.05) is 33.1 Å². The molecule has 0 aliphatic rings. The second-order valence-electron chi connectivity index (χ2n) is 3.53. The van der Waals surface area contributed by atoms with Gasteiger partial charge in [-0.05, 0) is 12.3 Å². The van der Waals surface area contributed by atoms with Gasteiger partial charge >= 0.3 is 6.03 Å². The monoisotopic (exact) mass is 172 g/mol. The van der Waals surface area contributed by atoms with Crippen LogP contribution in [-0.4, -0.2) is 12.6 Å². The molecule has 0 aromatic rings. The zero-order valence-electron chi connectivity index (χ0n) is 8.10. The van der Waals surface area contributed by atoms with Crippen LogP contribution in [0.25, 0.3) is 0 Å². The molecule has 0 aromatic heterocycles.